The highest BCUT2D eigenvalue weighted by atomic mass is 79.9. The third-order valence-corrected chi connectivity index (χ3v) is 1.89. The summed E-state index contributed by atoms with van der Waals surface area (Å²) in [5, 5.41) is 4.62. The Morgan fingerprint density at radius 3 is 2.82 bits per heavy atom. The molecule has 0 amide bonds. The maximum absolute atomic E-state index is 5.02. The molecule has 0 saturated carbocycles. The standard InChI is InChI=1S/C7H10BrNO2/c1-5-6(3-4-8)11-9-7(5)10-2/h3-4H2,1-2H3. The number of ether oxygens (including phenoxy) is 1. The van der Waals surface area contributed by atoms with Gasteiger partial charge in [0.05, 0.1) is 12.7 Å². The number of rotatable bonds is 3. The molecule has 0 spiro atoms. The molecule has 0 fully saturated rings. The minimum Gasteiger partial charge on any atom is -0.479 e. The first kappa shape index (κ1) is 8.59. The van der Waals surface area contributed by atoms with Gasteiger partial charge in [0.2, 0.25) is 0 Å². The zero-order valence-electron chi connectivity index (χ0n) is 6.56. The molecule has 0 atom stereocenters. The molecule has 1 aromatic rings. The van der Waals surface area contributed by atoms with Crippen molar-refractivity contribution in [2.45, 2.75) is 13.3 Å². The predicted molar refractivity (Wildman–Crippen MR) is 45.3 cm³/mol. The Balaban J connectivity index is 2.82. The van der Waals surface area contributed by atoms with Crippen molar-refractivity contribution in [1.29, 1.82) is 0 Å². The van der Waals surface area contributed by atoms with Crippen LogP contribution in [0, 0.1) is 6.92 Å². The fourth-order valence-electron chi connectivity index (χ4n) is 0.862. The van der Waals surface area contributed by atoms with Gasteiger partial charge in [0, 0.05) is 11.8 Å². The fraction of sp³-hybridized carbons (Fsp3) is 0.571. The van der Waals surface area contributed by atoms with E-state index in [-0.39, 0.29) is 0 Å². The van der Waals surface area contributed by atoms with Crippen molar-refractivity contribution in [2.75, 3.05) is 12.4 Å². The first-order valence-electron chi connectivity index (χ1n) is 3.34. The lowest BCUT2D eigenvalue weighted by Gasteiger charge is -1.92. The Morgan fingerprint density at radius 2 is 2.36 bits per heavy atom. The summed E-state index contributed by atoms with van der Waals surface area (Å²) < 4.78 is 9.97. The van der Waals surface area contributed by atoms with Gasteiger partial charge in [-0.15, -0.1) is 0 Å². The molecule has 0 bridgehead atoms. The molecule has 1 rings (SSSR count). The molecule has 3 nitrogen and oxygen atoms in total. The quantitative estimate of drug-likeness (QED) is 0.730. The molecule has 11 heavy (non-hydrogen) atoms. The summed E-state index contributed by atoms with van der Waals surface area (Å²) >= 11 is 3.32. The van der Waals surface area contributed by atoms with Crippen LogP contribution in [-0.4, -0.2) is 17.6 Å². The SMILES string of the molecule is COc1noc(CCBr)c1C. The van der Waals surface area contributed by atoms with Crippen LogP contribution in [0.5, 0.6) is 5.88 Å². The van der Waals surface area contributed by atoms with E-state index in [4.69, 9.17) is 9.26 Å². The number of aryl methyl sites for hydroxylation is 1. The topological polar surface area (TPSA) is 35.3 Å². The van der Waals surface area contributed by atoms with Crippen molar-refractivity contribution in [3.63, 3.8) is 0 Å². The smallest absolute Gasteiger partial charge is 0.257 e. The van der Waals surface area contributed by atoms with Gasteiger partial charge in [0.1, 0.15) is 5.76 Å². The normalized spacial score (nSPS) is 10.1. The highest BCUT2D eigenvalue weighted by molar-refractivity contribution is 9.09. The van der Waals surface area contributed by atoms with Crippen molar-refractivity contribution >= 4 is 15.9 Å². The van der Waals surface area contributed by atoms with Crippen LogP contribution >= 0.6 is 15.9 Å². The second-order valence-corrected chi connectivity index (χ2v) is 2.97. The Bertz CT molecular complexity index is 234. The van der Waals surface area contributed by atoms with E-state index in [0.29, 0.717) is 5.88 Å². The zero-order chi connectivity index (χ0) is 8.27. The van der Waals surface area contributed by atoms with Crippen LogP contribution in [0.25, 0.3) is 0 Å². The van der Waals surface area contributed by atoms with E-state index < -0.39 is 0 Å². The van der Waals surface area contributed by atoms with Gasteiger partial charge in [-0.05, 0) is 12.1 Å². The second kappa shape index (κ2) is 3.76. The summed E-state index contributed by atoms with van der Waals surface area (Å²) in [5.41, 5.74) is 0.993. The number of alkyl halides is 1. The summed E-state index contributed by atoms with van der Waals surface area (Å²) in [4.78, 5) is 0. The number of halogens is 1. The van der Waals surface area contributed by atoms with Gasteiger partial charge < -0.3 is 9.26 Å². The van der Waals surface area contributed by atoms with E-state index in [1.165, 1.54) is 0 Å². The van der Waals surface area contributed by atoms with Crippen molar-refractivity contribution in [1.82, 2.24) is 5.16 Å². The van der Waals surface area contributed by atoms with Crippen LogP contribution in [0.15, 0.2) is 4.52 Å². The molecule has 0 saturated heterocycles. The van der Waals surface area contributed by atoms with Crippen LogP contribution in [0.1, 0.15) is 11.3 Å². The highest BCUT2D eigenvalue weighted by Gasteiger charge is 2.10. The molecule has 4 heteroatoms. The molecule has 0 unspecified atom stereocenters. The second-order valence-electron chi connectivity index (χ2n) is 2.18. The van der Waals surface area contributed by atoms with Crippen molar-refractivity contribution < 1.29 is 9.26 Å². The fourth-order valence-corrected chi connectivity index (χ4v) is 1.22. The predicted octanol–water partition coefficient (Wildman–Crippen LogP) is 1.93. The largest absolute Gasteiger partial charge is 0.479 e. The molecular formula is C7H10BrNO2. The lowest BCUT2D eigenvalue weighted by molar-refractivity contribution is 0.328. The molecule has 0 aliphatic carbocycles. The van der Waals surface area contributed by atoms with E-state index in [1.54, 1.807) is 7.11 Å². The Labute approximate surface area is 73.8 Å². The molecule has 1 aromatic heterocycles. The first-order valence-corrected chi connectivity index (χ1v) is 4.46. The van der Waals surface area contributed by atoms with Gasteiger partial charge in [-0.3, -0.25) is 0 Å². The van der Waals surface area contributed by atoms with Gasteiger partial charge in [-0.1, -0.05) is 15.9 Å². The van der Waals surface area contributed by atoms with Crippen LogP contribution in [0.4, 0.5) is 0 Å². The molecule has 0 radical (unpaired) electrons. The highest BCUT2D eigenvalue weighted by Crippen LogP contribution is 2.20. The van der Waals surface area contributed by atoms with Crippen LogP contribution in [-0.2, 0) is 6.42 Å². The molecule has 0 aliphatic rings. The van der Waals surface area contributed by atoms with E-state index >= 15 is 0 Å². The third kappa shape index (κ3) is 1.74. The third-order valence-electron chi connectivity index (χ3n) is 1.49. The number of hydrogen-bond acceptors (Lipinski definition) is 3. The minimum absolute atomic E-state index is 0.584. The van der Waals surface area contributed by atoms with Gasteiger partial charge in [-0.2, -0.15) is 0 Å². The lowest BCUT2D eigenvalue weighted by atomic mass is 10.2. The lowest BCUT2D eigenvalue weighted by Crippen LogP contribution is -1.87. The van der Waals surface area contributed by atoms with Crippen molar-refractivity contribution in [2.24, 2.45) is 0 Å². The summed E-state index contributed by atoms with van der Waals surface area (Å²) in [5.74, 6) is 1.47. The van der Waals surface area contributed by atoms with Gasteiger partial charge in [0.25, 0.3) is 5.88 Å². The monoisotopic (exact) mass is 219 g/mol. The summed E-state index contributed by atoms with van der Waals surface area (Å²) in [7, 11) is 1.59. The summed E-state index contributed by atoms with van der Waals surface area (Å²) in [6.07, 6.45) is 0.849. The maximum Gasteiger partial charge on any atom is 0.257 e. The van der Waals surface area contributed by atoms with E-state index in [9.17, 15) is 0 Å². The average molecular weight is 220 g/mol. The van der Waals surface area contributed by atoms with E-state index in [0.717, 1.165) is 23.1 Å². The van der Waals surface area contributed by atoms with Crippen LogP contribution in [0.2, 0.25) is 0 Å². The van der Waals surface area contributed by atoms with Crippen LogP contribution in [0.3, 0.4) is 0 Å². The first-order chi connectivity index (χ1) is 5.29. The molecule has 0 N–H and O–H groups in total. The number of nitrogens with zero attached hydrogens (tertiary/aromatic N) is 1. The molecule has 0 aromatic carbocycles. The maximum atomic E-state index is 5.02. The Kier molecular flexibility index (Phi) is 2.93. The molecular weight excluding hydrogens is 210 g/mol. The molecule has 1 heterocycles. The Hall–Kier alpha value is -0.510. The van der Waals surface area contributed by atoms with Crippen molar-refractivity contribution in [3.8, 4) is 5.88 Å². The number of methoxy groups -OCH3 is 1. The molecule has 0 aliphatic heterocycles. The minimum atomic E-state index is 0.584. The zero-order valence-corrected chi connectivity index (χ0v) is 8.14. The summed E-state index contributed by atoms with van der Waals surface area (Å²) in [6, 6.07) is 0. The van der Waals surface area contributed by atoms with E-state index in [2.05, 4.69) is 21.1 Å². The number of aromatic nitrogens is 1. The summed E-state index contributed by atoms with van der Waals surface area (Å²) in [6.45, 7) is 1.94. The molecule has 62 valence electrons. The Morgan fingerprint density at radius 1 is 1.64 bits per heavy atom. The van der Waals surface area contributed by atoms with Gasteiger partial charge in [0.15, 0.2) is 0 Å². The van der Waals surface area contributed by atoms with Gasteiger partial charge in [-0.25, -0.2) is 0 Å². The van der Waals surface area contributed by atoms with Gasteiger partial charge >= 0.3 is 0 Å². The number of hydrogen-bond donors (Lipinski definition) is 0. The van der Waals surface area contributed by atoms with Crippen molar-refractivity contribution in [3.05, 3.63) is 11.3 Å². The van der Waals surface area contributed by atoms with Crippen LogP contribution < -0.4 is 4.74 Å². The average Bonchev–Trinajstić information content (AvgIpc) is 2.34. The van der Waals surface area contributed by atoms with E-state index in [1.807, 2.05) is 6.92 Å².